The Morgan fingerprint density at radius 2 is 1.55 bits per heavy atom. The van der Waals surface area contributed by atoms with Crippen LogP contribution in [-0.4, -0.2) is 159 Å². The molecule has 11 rings (SSSR count). The molecule has 6 aliphatic heterocycles. The largest absolute Gasteiger partial charge is 0.482 e. The number of esters is 1. The molecule has 3 aliphatic carbocycles. The number of likely N-dealkylation sites (tertiary alicyclic amines) is 1. The minimum atomic E-state index is -1.70. The summed E-state index contributed by atoms with van der Waals surface area (Å²) in [6.07, 6.45) is 7.14. The minimum absolute atomic E-state index is 0.00350. The van der Waals surface area contributed by atoms with E-state index >= 15 is 9.59 Å². The number of fused-ring (bicyclic) bond motifs is 2. The van der Waals surface area contributed by atoms with Gasteiger partial charge in [-0.25, -0.2) is 4.79 Å². The summed E-state index contributed by atoms with van der Waals surface area (Å²) in [6, 6.07) is 5.14. The summed E-state index contributed by atoms with van der Waals surface area (Å²) in [5, 5.41) is 41.1. The first-order valence-electron chi connectivity index (χ1n) is 27.6. The average molecular weight is 1070 g/mol. The quantitative estimate of drug-likeness (QED) is 0.0711. The number of aliphatic hydroxyl groups is 4. The first kappa shape index (κ1) is 55.1. The molecule has 7 unspecified atom stereocenters. The highest BCUT2D eigenvalue weighted by Crippen LogP contribution is 2.71. The van der Waals surface area contributed by atoms with E-state index in [1.807, 2.05) is 77.7 Å². The molecular weight excluding hydrogens is 989 g/mol. The number of carbonyl (C=O) groups is 4. The second-order valence-corrected chi connectivity index (χ2v) is 23.6. The topological polar surface area (TPSA) is 220 Å². The number of ether oxygens (including phenoxy) is 7. The van der Waals surface area contributed by atoms with E-state index in [1.165, 1.54) is 24.3 Å². The molecule has 2 aromatic rings. The van der Waals surface area contributed by atoms with Crippen LogP contribution in [0.3, 0.4) is 0 Å². The summed E-state index contributed by atoms with van der Waals surface area (Å²) in [4.78, 5) is 65.6. The fourth-order valence-electron chi connectivity index (χ4n) is 13.7. The molecule has 12 atom stereocenters. The van der Waals surface area contributed by atoms with Crippen LogP contribution in [0.15, 0.2) is 65.3 Å². The number of Topliss-reactive ketones (excluding diaryl/α,β-unsaturated/α-hetero) is 2. The summed E-state index contributed by atoms with van der Waals surface area (Å²) in [5.74, 6) is -2.93. The standard InChI is InChI=1S/C60H76N2O15/c1-33(2)13-12-22-58(8)23-21-39-50(75-58)38(19-14-34(3)4)52-43(51(39)74-55(70)36-15-17-37(18-16-36)72-56-49(67)48(66)46(64)41(32-63)73-56)47(65)44-45(61-27-29-71-30-28-61)40-31-42-57(6,7)77-59(53(40)68,60(42,44)76-52)24-20-35(5)54(69)62-25-10-9-11-26-62/h13-18,20-21,23,40-42,44-46,48-49,56,63-64,66-67H,9-12,19,22,24-32H2,1-8H3/t40?,41-,42?,44?,45?,46-,48+,49-,56-,58?,59?,60?/m1/s1. The van der Waals surface area contributed by atoms with Crippen molar-refractivity contribution in [2.75, 3.05) is 46.0 Å². The van der Waals surface area contributed by atoms with Crippen LogP contribution < -0.4 is 18.9 Å². The zero-order valence-electron chi connectivity index (χ0n) is 45.7. The van der Waals surface area contributed by atoms with Crippen molar-refractivity contribution in [2.45, 2.75) is 166 Å². The molecule has 2 aromatic carbocycles. The molecule has 416 valence electrons. The van der Waals surface area contributed by atoms with Crippen molar-refractivity contribution >= 4 is 29.5 Å². The third-order valence-corrected chi connectivity index (χ3v) is 17.5. The zero-order chi connectivity index (χ0) is 54.9. The first-order chi connectivity index (χ1) is 36.6. The van der Waals surface area contributed by atoms with Gasteiger partial charge in [-0.15, -0.1) is 0 Å². The molecule has 6 heterocycles. The number of hydrogen-bond acceptors (Lipinski definition) is 16. The molecule has 4 N–H and O–H groups in total. The summed E-state index contributed by atoms with van der Waals surface area (Å²) in [6.45, 7) is 18.2. The number of piperidine rings is 1. The van der Waals surface area contributed by atoms with Gasteiger partial charge in [-0.05, 0) is 137 Å². The second-order valence-electron chi connectivity index (χ2n) is 23.6. The van der Waals surface area contributed by atoms with Crippen molar-refractivity contribution in [3.05, 3.63) is 87.5 Å². The minimum Gasteiger partial charge on any atom is -0.482 e. The Bertz CT molecular complexity index is 2780. The summed E-state index contributed by atoms with van der Waals surface area (Å²) in [5.41, 5.74) is -1.38. The van der Waals surface area contributed by atoms with Crippen LogP contribution in [0.2, 0.25) is 0 Å². The van der Waals surface area contributed by atoms with E-state index in [9.17, 15) is 30.0 Å². The third kappa shape index (κ3) is 9.49. The molecule has 3 saturated carbocycles. The number of amides is 1. The number of carbonyl (C=O) groups excluding carboxylic acids is 4. The Balaban J connectivity index is 1.13. The predicted molar refractivity (Wildman–Crippen MR) is 283 cm³/mol. The summed E-state index contributed by atoms with van der Waals surface area (Å²) < 4.78 is 46.1. The maximum Gasteiger partial charge on any atom is 0.343 e. The van der Waals surface area contributed by atoms with Gasteiger partial charge < -0.3 is 58.5 Å². The smallest absolute Gasteiger partial charge is 0.343 e. The van der Waals surface area contributed by atoms with Crippen LogP contribution in [0.5, 0.6) is 23.0 Å². The molecule has 1 amide bonds. The van der Waals surface area contributed by atoms with Gasteiger partial charge in [0, 0.05) is 61.6 Å². The predicted octanol–water partition coefficient (Wildman–Crippen LogP) is 6.25. The SMILES string of the molecule is CC(C)=CCCC1(C)C=Cc2c(c(CC=C(C)C)c3c(c2OC(=O)c2ccc(O[C@@H]4O[C@H](CO)[C@@H](O)[C@H](O)[C@H]4O)cc2)C(=O)C2C(N4CCOCC4)C4CC5C(C)(C)OC(CC=C(C)C(=O)N6CCCCC6)(C4=O)C25O3)O1. The number of aliphatic hydroxyl groups excluding tert-OH is 4. The Hall–Kier alpha value is -5.24. The molecular formula is C60H76N2O15. The van der Waals surface area contributed by atoms with Gasteiger partial charge in [0.15, 0.2) is 28.5 Å². The van der Waals surface area contributed by atoms with E-state index in [2.05, 4.69) is 11.0 Å². The molecule has 4 bridgehead atoms. The van der Waals surface area contributed by atoms with E-state index in [0.717, 1.165) is 30.4 Å². The molecule has 0 aromatic heterocycles. The van der Waals surface area contributed by atoms with Crippen molar-refractivity contribution in [2.24, 2.45) is 17.8 Å². The fourth-order valence-corrected chi connectivity index (χ4v) is 13.7. The van der Waals surface area contributed by atoms with Crippen LogP contribution in [0, 0.1) is 17.8 Å². The van der Waals surface area contributed by atoms with Crippen LogP contribution in [-0.2, 0) is 30.2 Å². The monoisotopic (exact) mass is 1060 g/mol. The lowest BCUT2D eigenvalue weighted by molar-refractivity contribution is -0.277. The van der Waals surface area contributed by atoms with Crippen molar-refractivity contribution in [3.63, 3.8) is 0 Å². The van der Waals surface area contributed by atoms with Gasteiger partial charge in [0.2, 0.25) is 12.2 Å². The Kier molecular flexibility index (Phi) is 15.1. The molecule has 4 saturated heterocycles. The van der Waals surface area contributed by atoms with Crippen molar-refractivity contribution in [1.82, 2.24) is 9.80 Å². The third-order valence-electron chi connectivity index (χ3n) is 17.5. The van der Waals surface area contributed by atoms with Gasteiger partial charge in [-0.3, -0.25) is 19.3 Å². The normalized spacial score (nSPS) is 34.0. The lowest BCUT2D eigenvalue weighted by Crippen LogP contribution is -2.82. The van der Waals surface area contributed by atoms with Crippen LogP contribution in [0.25, 0.3) is 6.08 Å². The van der Waals surface area contributed by atoms with E-state index in [4.69, 9.17) is 33.2 Å². The molecule has 17 heteroatoms. The lowest BCUT2D eigenvalue weighted by atomic mass is 9.44. The fraction of sp³-hybridized carbons (Fsp3) is 0.600. The summed E-state index contributed by atoms with van der Waals surface area (Å²) in [7, 11) is 0. The van der Waals surface area contributed by atoms with E-state index in [0.29, 0.717) is 81.1 Å². The number of morpholine rings is 1. The van der Waals surface area contributed by atoms with Gasteiger partial charge in [-0.2, -0.15) is 0 Å². The lowest BCUT2D eigenvalue weighted by Gasteiger charge is -2.64. The number of nitrogens with zero attached hydrogens (tertiary/aromatic N) is 2. The van der Waals surface area contributed by atoms with Crippen LogP contribution in [0.1, 0.15) is 132 Å². The molecule has 0 radical (unpaired) electrons. The molecule has 7 fully saturated rings. The van der Waals surface area contributed by atoms with E-state index in [-0.39, 0.29) is 58.7 Å². The van der Waals surface area contributed by atoms with E-state index < -0.39 is 89.5 Å². The maximum atomic E-state index is 16.8. The van der Waals surface area contributed by atoms with Crippen molar-refractivity contribution in [3.8, 4) is 23.0 Å². The Labute approximate surface area is 450 Å². The molecule has 77 heavy (non-hydrogen) atoms. The van der Waals surface area contributed by atoms with Crippen molar-refractivity contribution < 1.29 is 72.8 Å². The highest BCUT2D eigenvalue weighted by Gasteiger charge is 2.86. The Morgan fingerprint density at radius 1 is 0.844 bits per heavy atom. The number of allylic oxidation sites excluding steroid dienone is 4. The number of rotatable bonds is 14. The molecule has 1 spiro atoms. The number of ketones is 2. The van der Waals surface area contributed by atoms with Crippen LogP contribution >= 0.6 is 0 Å². The summed E-state index contributed by atoms with van der Waals surface area (Å²) >= 11 is 0. The van der Waals surface area contributed by atoms with Gasteiger partial charge in [0.05, 0.1) is 42.5 Å². The van der Waals surface area contributed by atoms with E-state index in [1.54, 1.807) is 6.92 Å². The second kappa shape index (κ2) is 21.1. The number of benzene rings is 2. The maximum absolute atomic E-state index is 16.8. The highest BCUT2D eigenvalue weighted by atomic mass is 16.7. The van der Waals surface area contributed by atoms with Gasteiger partial charge >= 0.3 is 5.97 Å². The first-order valence-corrected chi connectivity index (χ1v) is 27.6. The van der Waals surface area contributed by atoms with Crippen LogP contribution in [0.4, 0.5) is 0 Å². The Morgan fingerprint density at radius 3 is 2.22 bits per heavy atom. The average Bonchev–Trinajstić information content (AvgIpc) is 3.77. The van der Waals surface area contributed by atoms with Gasteiger partial charge in [0.25, 0.3) is 0 Å². The van der Waals surface area contributed by atoms with Gasteiger partial charge in [-0.1, -0.05) is 29.4 Å². The number of hydrogen-bond donors (Lipinski definition) is 4. The molecule has 17 nitrogen and oxygen atoms in total. The molecule has 9 aliphatic rings. The van der Waals surface area contributed by atoms with Crippen molar-refractivity contribution in [1.29, 1.82) is 0 Å². The zero-order valence-corrected chi connectivity index (χ0v) is 45.7. The highest BCUT2D eigenvalue weighted by molar-refractivity contribution is 6.11. The van der Waals surface area contributed by atoms with Gasteiger partial charge in [0.1, 0.15) is 52.8 Å².